The van der Waals surface area contributed by atoms with Gasteiger partial charge in [0.1, 0.15) is 5.70 Å². The van der Waals surface area contributed by atoms with Crippen molar-refractivity contribution in [2.24, 2.45) is 5.73 Å². The number of benzene rings is 1. The van der Waals surface area contributed by atoms with Crippen molar-refractivity contribution in [1.82, 2.24) is 19.9 Å². The van der Waals surface area contributed by atoms with Gasteiger partial charge in [-0.25, -0.2) is 14.8 Å². The van der Waals surface area contributed by atoms with E-state index in [1.165, 1.54) is 5.69 Å². The van der Waals surface area contributed by atoms with Crippen molar-refractivity contribution in [1.29, 1.82) is 0 Å². The highest BCUT2D eigenvalue weighted by molar-refractivity contribution is 5.86. The van der Waals surface area contributed by atoms with Crippen LogP contribution < -0.4 is 16.0 Å². The van der Waals surface area contributed by atoms with Gasteiger partial charge >= 0.3 is 6.03 Å². The normalized spacial score (nSPS) is 20.2. The van der Waals surface area contributed by atoms with E-state index in [2.05, 4.69) is 53.1 Å². The van der Waals surface area contributed by atoms with E-state index in [0.717, 1.165) is 54.5 Å². The molecule has 1 aromatic heterocycles. The molecule has 3 N–H and O–H groups in total. The smallest absolute Gasteiger partial charge is 0.343 e. The molecule has 0 atom stereocenters. The van der Waals surface area contributed by atoms with Gasteiger partial charge in [-0.2, -0.15) is 5.06 Å². The van der Waals surface area contributed by atoms with Crippen LogP contribution in [0.4, 0.5) is 22.1 Å². The molecular formula is C23H29N7O2. The Morgan fingerprint density at radius 3 is 2.56 bits per heavy atom. The third-order valence-electron chi connectivity index (χ3n) is 6.50. The second kappa shape index (κ2) is 7.75. The summed E-state index contributed by atoms with van der Waals surface area (Å²) in [5, 5.41) is 4.45. The summed E-state index contributed by atoms with van der Waals surface area (Å²) >= 11 is 0. The van der Waals surface area contributed by atoms with Gasteiger partial charge in [-0.15, -0.1) is 0 Å². The van der Waals surface area contributed by atoms with Crippen molar-refractivity contribution >= 4 is 29.1 Å². The number of anilines is 3. The molecule has 0 spiro atoms. The van der Waals surface area contributed by atoms with Crippen LogP contribution in [0.1, 0.15) is 31.5 Å². The molecule has 0 radical (unpaired) electrons. The first kappa shape index (κ1) is 20.7. The third kappa shape index (κ3) is 3.67. The van der Waals surface area contributed by atoms with Crippen LogP contribution in [0.5, 0.6) is 0 Å². The molecule has 9 heteroatoms. The molecule has 1 aliphatic carbocycles. The van der Waals surface area contributed by atoms with E-state index in [-0.39, 0.29) is 5.41 Å². The Kier molecular flexibility index (Phi) is 5.02. The van der Waals surface area contributed by atoms with Crippen LogP contribution in [0.25, 0.3) is 5.70 Å². The van der Waals surface area contributed by atoms with Gasteiger partial charge in [0.05, 0.1) is 12.3 Å². The summed E-state index contributed by atoms with van der Waals surface area (Å²) in [7, 11) is 2.16. The van der Waals surface area contributed by atoms with Crippen LogP contribution in [0.15, 0.2) is 36.0 Å². The Labute approximate surface area is 187 Å². The fourth-order valence-electron chi connectivity index (χ4n) is 4.69. The molecule has 1 saturated heterocycles. The van der Waals surface area contributed by atoms with E-state index in [1.807, 2.05) is 18.3 Å². The maximum absolute atomic E-state index is 11.9. The van der Waals surface area contributed by atoms with E-state index in [0.29, 0.717) is 23.9 Å². The second-order valence-electron chi connectivity index (χ2n) is 9.34. The minimum atomic E-state index is -0.645. The average Bonchev–Trinajstić information content (AvgIpc) is 3.18. The number of hydrogen-bond acceptors (Lipinski definition) is 7. The van der Waals surface area contributed by atoms with Crippen LogP contribution in [0.2, 0.25) is 0 Å². The molecule has 5 rings (SSSR count). The SMILES string of the molecule is CN1CCN(c2ccc(Nc3ncc4c(n3)C3=C(CON3C(N)=O)CC4(C)C)cc2)CC1. The molecule has 32 heavy (non-hydrogen) atoms. The number of hydrogen-bond donors (Lipinski definition) is 2. The molecule has 0 bridgehead atoms. The number of nitrogens with two attached hydrogens (primary N) is 1. The first-order chi connectivity index (χ1) is 15.3. The lowest BCUT2D eigenvalue weighted by molar-refractivity contribution is -0.0389. The van der Waals surface area contributed by atoms with Crippen LogP contribution in [-0.4, -0.2) is 65.8 Å². The van der Waals surface area contributed by atoms with E-state index >= 15 is 0 Å². The number of carbonyl (C=O) groups excluding carboxylic acids is 1. The molecule has 2 amide bonds. The van der Waals surface area contributed by atoms with Crippen LogP contribution >= 0.6 is 0 Å². The summed E-state index contributed by atoms with van der Waals surface area (Å²) in [5.41, 5.74) is 10.9. The molecule has 3 heterocycles. The molecule has 1 fully saturated rings. The number of nitrogens with one attached hydrogen (secondary N) is 1. The molecule has 168 valence electrons. The Balaban J connectivity index is 1.40. The lowest BCUT2D eigenvalue weighted by atomic mass is 9.74. The number of rotatable bonds is 3. The first-order valence-electron chi connectivity index (χ1n) is 10.9. The Bertz CT molecular complexity index is 1070. The molecule has 0 unspecified atom stereocenters. The molecule has 2 aromatic rings. The second-order valence-corrected chi connectivity index (χ2v) is 9.34. The third-order valence-corrected chi connectivity index (χ3v) is 6.50. The van der Waals surface area contributed by atoms with Gasteiger partial charge in [-0.05, 0) is 48.7 Å². The number of primary amides is 1. The van der Waals surface area contributed by atoms with Crippen molar-refractivity contribution < 1.29 is 9.63 Å². The predicted octanol–water partition coefficient (Wildman–Crippen LogP) is 2.69. The van der Waals surface area contributed by atoms with Gasteiger partial charge in [0.15, 0.2) is 0 Å². The van der Waals surface area contributed by atoms with Gasteiger partial charge in [-0.3, -0.25) is 4.84 Å². The maximum Gasteiger partial charge on any atom is 0.343 e. The van der Waals surface area contributed by atoms with Crippen molar-refractivity contribution in [2.75, 3.05) is 50.1 Å². The van der Waals surface area contributed by atoms with Gasteiger partial charge < -0.3 is 20.9 Å². The van der Waals surface area contributed by atoms with Crippen LogP contribution in [-0.2, 0) is 10.3 Å². The minimum Gasteiger partial charge on any atom is -0.369 e. The standard InChI is InChI=1S/C23H29N7O2/c1-23(2)12-15-14-32-30(21(24)31)20(15)19-18(23)13-25-22(27-19)26-16-4-6-17(7-5-16)29-10-8-28(3)9-11-29/h4-7,13H,8-12,14H2,1-3H3,(H2,24,31)(H,25,26,27). The number of nitrogens with zero attached hydrogens (tertiary/aromatic N) is 5. The number of likely N-dealkylation sites (N-methyl/N-ethyl adjacent to an activating group) is 1. The van der Waals surface area contributed by atoms with E-state index in [4.69, 9.17) is 15.6 Å². The lowest BCUT2D eigenvalue weighted by Gasteiger charge is -2.34. The summed E-state index contributed by atoms with van der Waals surface area (Å²) in [5.74, 6) is 0.469. The van der Waals surface area contributed by atoms with E-state index in [1.54, 1.807) is 0 Å². The topological polar surface area (TPSA) is 99.8 Å². The molecule has 3 aliphatic rings. The summed E-state index contributed by atoms with van der Waals surface area (Å²) in [6.07, 6.45) is 2.60. The number of aromatic nitrogens is 2. The highest BCUT2D eigenvalue weighted by atomic mass is 16.7. The number of amides is 2. The van der Waals surface area contributed by atoms with Gasteiger partial charge in [-0.1, -0.05) is 13.8 Å². The number of hydroxylamine groups is 2. The van der Waals surface area contributed by atoms with E-state index < -0.39 is 6.03 Å². The summed E-state index contributed by atoms with van der Waals surface area (Å²) in [4.78, 5) is 31.5. The van der Waals surface area contributed by atoms with Gasteiger partial charge in [0, 0.05) is 49.3 Å². The van der Waals surface area contributed by atoms with Crippen molar-refractivity contribution in [3.8, 4) is 0 Å². The first-order valence-corrected chi connectivity index (χ1v) is 10.9. The molecular weight excluding hydrogens is 406 g/mol. The highest BCUT2D eigenvalue weighted by Gasteiger charge is 2.41. The summed E-state index contributed by atoms with van der Waals surface area (Å²) < 4.78 is 0. The lowest BCUT2D eigenvalue weighted by Crippen LogP contribution is -2.44. The van der Waals surface area contributed by atoms with Gasteiger partial charge in [0.2, 0.25) is 5.95 Å². The van der Waals surface area contributed by atoms with E-state index in [9.17, 15) is 4.79 Å². The number of fused-ring (bicyclic) bond motifs is 2. The Morgan fingerprint density at radius 1 is 1.16 bits per heavy atom. The predicted molar refractivity (Wildman–Crippen MR) is 123 cm³/mol. The highest BCUT2D eigenvalue weighted by Crippen LogP contribution is 2.45. The maximum atomic E-state index is 11.9. The fraction of sp³-hybridized carbons (Fsp3) is 0.435. The summed E-state index contributed by atoms with van der Waals surface area (Å²) in [6, 6.07) is 7.68. The zero-order valence-corrected chi connectivity index (χ0v) is 18.8. The average molecular weight is 436 g/mol. The van der Waals surface area contributed by atoms with Crippen molar-refractivity contribution in [3.05, 3.63) is 47.3 Å². The number of urea groups is 1. The van der Waals surface area contributed by atoms with Crippen molar-refractivity contribution in [3.63, 3.8) is 0 Å². The van der Waals surface area contributed by atoms with Crippen molar-refractivity contribution in [2.45, 2.75) is 25.7 Å². The molecule has 2 aliphatic heterocycles. The zero-order valence-electron chi connectivity index (χ0n) is 18.8. The Hall–Kier alpha value is -3.17. The summed E-state index contributed by atoms with van der Waals surface area (Å²) in [6.45, 7) is 8.85. The minimum absolute atomic E-state index is 0.159. The van der Waals surface area contributed by atoms with Gasteiger partial charge in [0.25, 0.3) is 0 Å². The zero-order chi connectivity index (χ0) is 22.5. The number of piperazine rings is 1. The molecule has 1 aromatic carbocycles. The molecule has 9 nitrogen and oxygen atoms in total. The van der Waals surface area contributed by atoms with Crippen LogP contribution in [0, 0.1) is 0 Å². The largest absolute Gasteiger partial charge is 0.369 e. The monoisotopic (exact) mass is 435 g/mol. The fourth-order valence-corrected chi connectivity index (χ4v) is 4.69. The Morgan fingerprint density at radius 2 is 1.88 bits per heavy atom. The molecule has 0 saturated carbocycles. The van der Waals surface area contributed by atoms with Crippen LogP contribution in [0.3, 0.4) is 0 Å². The quantitative estimate of drug-likeness (QED) is 0.765. The number of carbonyl (C=O) groups is 1.